The van der Waals surface area contributed by atoms with Gasteiger partial charge in [0.05, 0.1) is 16.3 Å². The van der Waals surface area contributed by atoms with Gasteiger partial charge in [-0.05, 0) is 63.0 Å². The average Bonchev–Trinajstić information content (AvgIpc) is 3.15. The summed E-state index contributed by atoms with van der Waals surface area (Å²) in [7, 11) is 0. The van der Waals surface area contributed by atoms with Crippen molar-refractivity contribution in [2.24, 2.45) is 5.73 Å². The summed E-state index contributed by atoms with van der Waals surface area (Å²) in [6.07, 6.45) is 0.337. The van der Waals surface area contributed by atoms with Crippen LogP contribution in [0.4, 0.5) is 10.1 Å². The Hall–Kier alpha value is -2.87. The van der Waals surface area contributed by atoms with Gasteiger partial charge in [-0.3, -0.25) is 19.2 Å². The number of rotatable bonds is 7. The van der Waals surface area contributed by atoms with E-state index in [0.717, 1.165) is 12.1 Å². The summed E-state index contributed by atoms with van der Waals surface area (Å²) in [6.45, 7) is 1.31. The number of carbonyl (C=O) groups is 3. The lowest BCUT2D eigenvalue weighted by Crippen LogP contribution is -2.36. The van der Waals surface area contributed by atoms with Crippen molar-refractivity contribution in [1.29, 1.82) is 0 Å². The van der Waals surface area contributed by atoms with E-state index in [1.54, 1.807) is 12.1 Å². The van der Waals surface area contributed by atoms with Crippen molar-refractivity contribution in [3.8, 4) is 5.82 Å². The first kappa shape index (κ1) is 24.8. The number of anilines is 1. The number of benzene rings is 1. The van der Waals surface area contributed by atoms with Crippen molar-refractivity contribution >= 4 is 66.9 Å². The lowest BCUT2D eigenvalue weighted by Gasteiger charge is -2.15. The maximum Gasteiger partial charge on any atom is 0.277 e. The topological polar surface area (TPSA) is 141 Å². The summed E-state index contributed by atoms with van der Waals surface area (Å²) in [5, 5.41) is 6.96. The third-order valence-corrected chi connectivity index (χ3v) is 5.43. The van der Waals surface area contributed by atoms with Crippen molar-refractivity contribution in [1.82, 2.24) is 20.2 Å². The fourth-order valence-corrected chi connectivity index (χ4v) is 3.63. The number of primary amides is 1. The Morgan fingerprint density at radius 3 is 2.64 bits per heavy atom. The van der Waals surface area contributed by atoms with Gasteiger partial charge in [-0.2, -0.15) is 5.10 Å². The van der Waals surface area contributed by atoms with E-state index in [1.165, 1.54) is 23.9 Å². The molecule has 2 heterocycles. The minimum absolute atomic E-state index is 0.0173. The van der Waals surface area contributed by atoms with Crippen LogP contribution in [-0.2, 0) is 9.63 Å². The van der Waals surface area contributed by atoms with Crippen molar-refractivity contribution in [2.75, 3.05) is 5.32 Å². The number of pyridine rings is 1. The average molecular weight is 605 g/mol. The first-order valence-corrected chi connectivity index (χ1v) is 11.0. The summed E-state index contributed by atoms with van der Waals surface area (Å²) in [6, 6.07) is 6.55. The molecule has 33 heavy (non-hydrogen) atoms. The number of amides is 3. The first-order chi connectivity index (χ1) is 15.6. The molecule has 0 saturated heterocycles. The number of hydrogen-bond acceptors (Lipinski definition) is 6. The summed E-state index contributed by atoms with van der Waals surface area (Å²) in [5.41, 5.74) is 6.75. The van der Waals surface area contributed by atoms with Gasteiger partial charge >= 0.3 is 0 Å². The second-order valence-corrected chi connectivity index (χ2v) is 8.50. The zero-order valence-electron chi connectivity index (χ0n) is 16.6. The van der Waals surface area contributed by atoms with E-state index in [-0.39, 0.29) is 32.3 Å². The molecule has 4 N–H and O–H groups in total. The molecule has 0 saturated carbocycles. The second kappa shape index (κ2) is 10.4. The SMILES string of the molecule is CC(ONC(=O)c1cc(F)cc(Br)c1NC(=O)c1cc(Br)nn1-c1ncccc1Cl)C(N)=O. The maximum absolute atomic E-state index is 14.0. The molecule has 0 aliphatic rings. The molecule has 1 unspecified atom stereocenters. The van der Waals surface area contributed by atoms with Crippen LogP contribution in [0.5, 0.6) is 0 Å². The smallest absolute Gasteiger partial charge is 0.277 e. The fraction of sp³-hybridized carbons (Fsp3) is 0.105. The number of nitrogens with two attached hydrogens (primary N) is 1. The Kier molecular flexibility index (Phi) is 7.79. The second-order valence-electron chi connectivity index (χ2n) is 6.43. The van der Waals surface area contributed by atoms with Gasteiger partial charge in [0, 0.05) is 16.7 Å². The molecule has 1 aromatic carbocycles. The zero-order chi connectivity index (χ0) is 24.3. The molecule has 172 valence electrons. The van der Waals surface area contributed by atoms with E-state index in [9.17, 15) is 18.8 Å². The molecule has 0 aliphatic heterocycles. The number of hydrogen-bond donors (Lipinski definition) is 3. The molecule has 0 radical (unpaired) electrons. The number of aromatic nitrogens is 3. The van der Waals surface area contributed by atoms with Gasteiger partial charge in [-0.15, -0.1) is 0 Å². The van der Waals surface area contributed by atoms with E-state index in [0.29, 0.717) is 4.60 Å². The van der Waals surface area contributed by atoms with Crippen LogP contribution in [0.25, 0.3) is 5.82 Å². The van der Waals surface area contributed by atoms with Crippen LogP contribution in [0.1, 0.15) is 27.8 Å². The molecule has 10 nitrogen and oxygen atoms in total. The summed E-state index contributed by atoms with van der Waals surface area (Å²) >= 11 is 12.5. The van der Waals surface area contributed by atoms with Gasteiger partial charge in [0.2, 0.25) is 5.91 Å². The highest BCUT2D eigenvalue weighted by Gasteiger charge is 2.24. The van der Waals surface area contributed by atoms with Gasteiger partial charge in [-0.25, -0.2) is 19.5 Å². The largest absolute Gasteiger partial charge is 0.367 e. The van der Waals surface area contributed by atoms with Gasteiger partial charge < -0.3 is 11.1 Å². The summed E-state index contributed by atoms with van der Waals surface area (Å²) < 4.78 is 15.6. The van der Waals surface area contributed by atoms with Crippen LogP contribution in [0.3, 0.4) is 0 Å². The predicted octanol–water partition coefficient (Wildman–Crippen LogP) is 3.37. The molecule has 1 atom stereocenters. The number of nitrogens with one attached hydrogen (secondary N) is 2. The van der Waals surface area contributed by atoms with Crippen molar-refractivity contribution in [3.05, 3.63) is 67.7 Å². The Morgan fingerprint density at radius 2 is 1.97 bits per heavy atom. The molecule has 0 bridgehead atoms. The van der Waals surface area contributed by atoms with Gasteiger partial charge in [0.1, 0.15) is 16.1 Å². The van der Waals surface area contributed by atoms with Crippen LogP contribution in [0.2, 0.25) is 5.02 Å². The molecular formula is C19H14Br2ClFN6O4. The Bertz CT molecular complexity index is 1260. The molecule has 3 aromatic rings. The molecule has 0 fully saturated rings. The minimum atomic E-state index is -1.14. The standard InChI is InChI=1S/C19H14Br2ClFN6O4/c1-8(16(24)30)33-28-18(31)10-5-9(23)6-11(20)15(10)26-19(32)13-7-14(21)27-29(13)17-12(22)3-2-4-25-17/h2-8H,1H3,(H2,24,30)(H,26,32)(H,28,31). The van der Waals surface area contributed by atoms with E-state index < -0.39 is 29.6 Å². The van der Waals surface area contributed by atoms with Crippen molar-refractivity contribution in [3.63, 3.8) is 0 Å². The fourth-order valence-electron chi connectivity index (χ4n) is 2.52. The quantitative estimate of drug-likeness (QED) is 0.353. The maximum atomic E-state index is 14.0. The van der Waals surface area contributed by atoms with E-state index in [1.807, 2.05) is 5.48 Å². The van der Waals surface area contributed by atoms with Crippen LogP contribution in [0, 0.1) is 5.82 Å². The number of nitrogens with zero attached hydrogens (tertiary/aromatic N) is 3. The molecule has 0 spiro atoms. The molecule has 0 aliphatic carbocycles. The highest BCUT2D eigenvalue weighted by atomic mass is 79.9. The van der Waals surface area contributed by atoms with Crippen molar-refractivity contribution in [2.45, 2.75) is 13.0 Å². The zero-order valence-corrected chi connectivity index (χ0v) is 20.5. The molecule has 3 amide bonds. The van der Waals surface area contributed by atoms with Gasteiger partial charge in [0.15, 0.2) is 11.9 Å². The predicted molar refractivity (Wildman–Crippen MR) is 123 cm³/mol. The molecule has 3 rings (SSSR count). The number of carbonyl (C=O) groups excluding carboxylic acids is 3. The Morgan fingerprint density at radius 1 is 1.24 bits per heavy atom. The number of halogens is 4. The highest BCUT2D eigenvalue weighted by molar-refractivity contribution is 9.10. The lowest BCUT2D eigenvalue weighted by molar-refractivity contribution is -0.131. The monoisotopic (exact) mass is 602 g/mol. The highest BCUT2D eigenvalue weighted by Crippen LogP contribution is 2.29. The summed E-state index contributed by atoms with van der Waals surface area (Å²) in [5.74, 6) is -3.03. The minimum Gasteiger partial charge on any atom is -0.367 e. The first-order valence-electron chi connectivity index (χ1n) is 9.00. The lowest BCUT2D eigenvalue weighted by atomic mass is 10.1. The molecular weight excluding hydrogens is 591 g/mol. The van der Waals surface area contributed by atoms with Gasteiger partial charge in [0.25, 0.3) is 11.8 Å². The Balaban J connectivity index is 1.95. The van der Waals surface area contributed by atoms with Crippen molar-refractivity contribution < 1.29 is 23.6 Å². The third kappa shape index (κ3) is 5.74. The molecule has 14 heteroatoms. The third-order valence-electron chi connectivity index (χ3n) is 4.12. The van der Waals surface area contributed by atoms with Crippen LogP contribution in [0.15, 0.2) is 45.6 Å². The molecule has 2 aromatic heterocycles. The Labute approximate surface area is 207 Å². The van der Waals surface area contributed by atoms with E-state index in [4.69, 9.17) is 22.2 Å². The van der Waals surface area contributed by atoms with E-state index >= 15 is 0 Å². The van der Waals surface area contributed by atoms with Crippen LogP contribution in [-0.4, -0.2) is 38.6 Å². The summed E-state index contributed by atoms with van der Waals surface area (Å²) in [4.78, 5) is 45.8. The van der Waals surface area contributed by atoms with E-state index in [2.05, 4.69) is 47.3 Å². The normalized spacial score (nSPS) is 11.7. The number of hydroxylamine groups is 1. The van der Waals surface area contributed by atoms with Crippen LogP contribution >= 0.6 is 43.5 Å². The van der Waals surface area contributed by atoms with Gasteiger partial charge in [-0.1, -0.05) is 11.6 Å². The van der Waals surface area contributed by atoms with Crippen LogP contribution < -0.4 is 16.5 Å².